The second-order valence-electron chi connectivity index (χ2n) is 9.59. The first-order valence-corrected chi connectivity index (χ1v) is 12.3. The highest BCUT2D eigenvalue weighted by Gasteiger charge is 2.24. The van der Waals surface area contributed by atoms with Crippen molar-refractivity contribution < 1.29 is 14.7 Å². The van der Waals surface area contributed by atoms with Crippen LogP contribution >= 0.6 is 0 Å². The summed E-state index contributed by atoms with van der Waals surface area (Å²) < 4.78 is 0. The van der Waals surface area contributed by atoms with Crippen LogP contribution < -0.4 is 10.2 Å². The fourth-order valence-electron chi connectivity index (χ4n) is 4.90. The fourth-order valence-corrected chi connectivity index (χ4v) is 4.90. The van der Waals surface area contributed by atoms with Crippen LogP contribution in [-0.4, -0.2) is 33.5 Å². The molecule has 0 radical (unpaired) electrons. The van der Waals surface area contributed by atoms with Crippen LogP contribution in [-0.2, 0) is 22.4 Å². The molecule has 1 aliphatic heterocycles. The van der Waals surface area contributed by atoms with Crippen LogP contribution in [0.3, 0.4) is 0 Å². The Morgan fingerprint density at radius 3 is 2.78 bits per heavy atom. The van der Waals surface area contributed by atoms with Gasteiger partial charge in [0.1, 0.15) is 0 Å². The molecular formula is C29H30N4O3. The predicted molar refractivity (Wildman–Crippen MR) is 142 cm³/mol. The maximum absolute atomic E-state index is 13.3. The van der Waals surface area contributed by atoms with Crippen molar-refractivity contribution >= 4 is 40.2 Å². The van der Waals surface area contributed by atoms with Crippen LogP contribution in [0.25, 0.3) is 11.0 Å². The van der Waals surface area contributed by atoms with Crippen LogP contribution in [0.2, 0.25) is 0 Å². The van der Waals surface area contributed by atoms with Crippen molar-refractivity contribution in [2.24, 2.45) is 0 Å². The molecule has 0 bridgehead atoms. The minimum absolute atomic E-state index is 0.0550. The number of carboxylic acids is 1. The lowest BCUT2D eigenvalue weighted by atomic mass is 9.92. The number of carboxylic acid groups (broad SMARTS) is 1. The third-order valence-electron chi connectivity index (χ3n) is 6.87. The molecule has 1 aliphatic rings. The van der Waals surface area contributed by atoms with Gasteiger partial charge in [-0.1, -0.05) is 43.3 Å². The van der Waals surface area contributed by atoms with E-state index < -0.39 is 5.97 Å². The lowest BCUT2D eigenvalue weighted by Gasteiger charge is -2.30. The van der Waals surface area contributed by atoms with E-state index in [0.717, 1.165) is 57.5 Å². The van der Waals surface area contributed by atoms with Gasteiger partial charge in [-0.2, -0.15) is 0 Å². The predicted octanol–water partition coefficient (Wildman–Crippen LogP) is 5.72. The van der Waals surface area contributed by atoms with Crippen LogP contribution in [0.4, 0.5) is 17.3 Å². The third kappa shape index (κ3) is 4.96. The Labute approximate surface area is 210 Å². The molecule has 3 N–H and O–H groups in total. The molecule has 7 heteroatoms. The van der Waals surface area contributed by atoms with E-state index in [1.54, 1.807) is 0 Å². The Hall–Kier alpha value is -4.13. The summed E-state index contributed by atoms with van der Waals surface area (Å²) in [5.41, 5.74) is 7.83. The van der Waals surface area contributed by atoms with E-state index in [9.17, 15) is 9.59 Å². The molecule has 1 aromatic heterocycles. The standard InChI is InChI=1S/C29H30N4O3/c1-18-6-3-4-8-23(18)30-29-31-24-11-9-20(15-25(24)32-29)16-27(34)33-13-5-7-22-17-21(10-12-26(22)33)19(2)14-28(35)36/h3-4,6,8-12,15,17,19H,5,7,13-14,16H2,1-2H3,(H,35,36)(H2,30,31,32)/t19-/m1/s1. The number of benzene rings is 3. The second-order valence-corrected chi connectivity index (χ2v) is 9.59. The zero-order chi connectivity index (χ0) is 25.2. The summed E-state index contributed by atoms with van der Waals surface area (Å²) in [5.74, 6) is -0.144. The molecule has 0 fully saturated rings. The van der Waals surface area contributed by atoms with Gasteiger partial charge < -0.3 is 20.3 Å². The highest BCUT2D eigenvalue weighted by Crippen LogP contribution is 2.32. The number of nitrogens with one attached hydrogen (secondary N) is 2. The van der Waals surface area contributed by atoms with Crippen molar-refractivity contribution in [2.45, 2.75) is 45.4 Å². The normalized spacial score (nSPS) is 13.9. The molecule has 5 rings (SSSR count). The van der Waals surface area contributed by atoms with Gasteiger partial charge in [0.2, 0.25) is 11.9 Å². The van der Waals surface area contributed by atoms with Crippen molar-refractivity contribution in [1.82, 2.24) is 9.97 Å². The topological polar surface area (TPSA) is 98.3 Å². The molecule has 0 aliphatic carbocycles. The van der Waals surface area contributed by atoms with Crippen LogP contribution in [0.5, 0.6) is 0 Å². The first kappa shape index (κ1) is 23.6. The summed E-state index contributed by atoms with van der Waals surface area (Å²) in [6, 6.07) is 19.9. The van der Waals surface area contributed by atoms with Crippen molar-refractivity contribution in [3.8, 4) is 0 Å². The largest absolute Gasteiger partial charge is 0.481 e. The van der Waals surface area contributed by atoms with Gasteiger partial charge in [-0.25, -0.2) is 4.98 Å². The molecule has 1 atom stereocenters. The molecule has 4 aromatic rings. The van der Waals surface area contributed by atoms with Crippen molar-refractivity contribution in [3.05, 3.63) is 82.9 Å². The number of hydrogen-bond donors (Lipinski definition) is 3. The van der Waals surface area contributed by atoms with Crippen LogP contribution in [0.15, 0.2) is 60.7 Å². The van der Waals surface area contributed by atoms with Gasteiger partial charge in [0.05, 0.1) is 23.9 Å². The number of rotatable bonds is 7. The number of aromatic nitrogens is 2. The van der Waals surface area contributed by atoms with Gasteiger partial charge in [-0.05, 0) is 72.2 Å². The fraction of sp³-hybridized carbons (Fsp3) is 0.276. The third-order valence-corrected chi connectivity index (χ3v) is 6.87. The number of imidazole rings is 1. The van der Waals surface area contributed by atoms with E-state index in [1.165, 1.54) is 0 Å². The molecule has 36 heavy (non-hydrogen) atoms. The molecule has 0 saturated heterocycles. The second kappa shape index (κ2) is 9.85. The van der Waals surface area contributed by atoms with Crippen molar-refractivity contribution in [1.29, 1.82) is 0 Å². The number of carbonyl (C=O) groups is 2. The Bertz CT molecular complexity index is 1440. The molecule has 0 saturated carbocycles. The number of H-pyrrole nitrogens is 1. The zero-order valence-corrected chi connectivity index (χ0v) is 20.5. The molecule has 7 nitrogen and oxygen atoms in total. The number of nitrogens with zero attached hydrogens (tertiary/aromatic N) is 2. The van der Waals surface area contributed by atoms with Gasteiger partial charge in [-0.3, -0.25) is 9.59 Å². The smallest absolute Gasteiger partial charge is 0.303 e. The van der Waals surface area contributed by atoms with Crippen LogP contribution in [0, 0.1) is 6.92 Å². The van der Waals surface area contributed by atoms with E-state index in [2.05, 4.69) is 21.4 Å². The number of anilines is 3. The number of aryl methyl sites for hydroxylation is 2. The van der Waals surface area contributed by atoms with Gasteiger partial charge in [0.15, 0.2) is 0 Å². The number of carbonyl (C=O) groups excluding carboxylic acids is 1. The number of aliphatic carboxylic acids is 1. The molecule has 2 heterocycles. The zero-order valence-electron chi connectivity index (χ0n) is 20.5. The van der Waals surface area contributed by atoms with Gasteiger partial charge in [-0.15, -0.1) is 0 Å². The summed E-state index contributed by atoms with van der Waals surface area (Å²) in [7, 11) is 0. The van der Waals surface area contributed by atoms with Gasteiger partial charge in [0.25, 0.3) is 0 Å². The quantitative estimate of drug-likeness (QED) is 0.313. The lowest BCUT2D eigenvalue weighted by molar-refractivity contribution is -0.137. The Morgan fingerprint density at radius 2 is 1.97 bits per heavy atom. The van der Waals surface area contributed by atoms with Crippen molar-refractivity contribution in [3.63, 3.8) is 0 Å². The van der Waals surface area contributed by atoms with E-state index in [4.69, 9.17) is 5.11 Å². The first-order chi connectivity index (χ1) is 17.4. The molecule has 3 aromatic carbocycles. The molecule has 0 unspecified atom stereocenters. The van der Waals surface area contributed by atoms with E-state index in [0.29, 0.717) is 18.9 Å². The summed E-state index contributed by atoms with van der Waals surface area (Å²) in [5, 5.41) is 12.5. The molecular weight excluding hydrogens is 452 g/mol. The van der Waals surface area contributed by atoms with Gasteiger partial charge in [0, 0.05) is 17.9 Å². The lowest BCUT2D eigenvalue weighted by Crippen LogP contribution is -2.36. The molecule has 184 valence electrons. The minimum atomic E-state index is -0.802. The SMILES string of the molecule is Cc1ccccc1Nc1nc2ccc(CC(=O)N3CCCc4cc([C@H](C)CC(=O)O)ccc43)cc2[nH]1. The number of fused-ring (bicyclic) bond motifs is 2. The monoisotopic (exact) mass is 482 g/mol. The first-order valence-electron chi connectivity index (χ1n) is 12.3. The van der Waals surface area contributed by atoms with Gasteiger partial charge >= 0.3 is 5.97 Å². The Kier molecular flexibility index (Phi) is 6.46. The Balaban J connectivity index is 1.32. The van der Waals surface area contributed by atoms with Crippen molar-refractivity contribution in [2.75, 3.05) is 16.8 Å². The average molecular weight is 483 g/mol. The Morgan fingerprint density at radius 1 is 1.14 bits per heavy atom. The minimum Gasteiger partial charge on any atom is -0.481 e. The van der Waals surface area contributed by atoms with E-state index in [-0.39, 0.29) is 18.2 Å². The summed E-state index contributed by atoms with van der Waals surface area (Å²) >= 11 is 0. The average Bonchev–Trinajstić information content (AvgIpc) is 3.26. The summed E-state index contributed by atoms with van der Waals surface area (Å²) in [6.07, 6.45) is 2.18. The van der Waals surface area contributed by atoms with E-state index in [1.807, 2.05) is 73.3 Å². The maximum Gasteiger partial charge on any atom is 0.303 e. The molecule has 0 spiro atoms. The van der Waals surface area contributed by atoms with Crippen LogP contribution in [0.1, 0.15) is 47.9 Å². The molecule has 1 amide bonds. The summed E-state index contributed by atoms with van der Waals surface area (Å²) in [4.78, 5) is 34.2. The highest BCUT2D eigenvalue weighted by atomic mass is 16.4. The highest BCUT2D eigenvalue weighted by molar-refractivity contribution is 5.96. The number of amides is 1. The van der Waals surface area contributed by atoms with E-state index >= 15 is 0 Å². The number of hydrogen-bond acceptors (Lipinski definition) is 4. The maximum atomic E-state index is 13.3. The summed E-state index contributed by atoms with van der Waals surface area (Å²) in [6.45, 7) is 4.66. The number of aromatic amines is 1. The number of para-hydroxylation sites is 1.